The van der Waals surface area contributed by atoms with Crippen LogP contribution in [-0.4, -0.2) is 18.4 Å². The van der Waals surface area contributed by atoms with Crippen LogP contribution in [0.15, 0.2) is 139 Å². The van der Waals surface area contributed by atoms with Crippen molar-refractivity contribution in [2.75, 3.05) is 11.9 Å². The second-order valence-electron chi connectivity index (χ2n) is 11.0. The van der Waals surface area contributed by atoms with E-state index in [4.69, 9.17) is 5.41 Å². The highest BCUT2D eigenvalue weighted by atomic mass is 15.2. The smallest absolute Gasteiger partial charge is 0.126 e. The van der Waals surface area contributed by atoms with Crippen LogP contribution in [0.3, 0.4) is 0 Å². The molecule has 0 amide bonds. The first-order chi connectivity index (χ1) is 21.2. The van der Waals surface area contributed by atoms with E-state index in [1.807, 2.05) is 12.1 Å². The molecule has 4 aromatic rings. The molecule has 43 heavy (non-hydrogen) atoms. The topological polar surface area (TPSA) is 59.9 Å². The van der Waals surface area contributed by atoms with Crippen molar-refractivity contribution in [3.05, 3.63) is 156 Å². The second kappa shape index (κ2) is 13.4. The number of fused-ring (bicyclic) bond motifs is 2. The minimum Gasteiger partial charge on any atom is -0.381 e. The maximum absolute atomic E-state index is 9.08. The minimum atomic E-state index is -0.266. The minimum absolute atomic E-state index is 0.0502. The maximum atomic E-state index is 9.08. The van der Waals surface area contributed by atoms with Crippen molar-refractivity contribution in [1.29, 1.82) is 5.41 Å². The van der Waals surface area contributed by atoms with E-state index in [1.165, 1.54) is 27.5 Å². The summed E-state index contributed by atoms with van der Waals surface area (Å²) in [6, 6.07) is 29.7. The fourth-order valence-electron chi connectivity index (χ4n) is 5.65. The highest BCUT2D eigenvalue weighted by molar-refractivity contribution is 5.97. The SMILES string of the molecule is CC(NC(NC(=N)c1ccc(-c2cccc3c2NCC=C3)cc1)c1ccc2ccccc2c1)C1=C/C=C/C=C\CC\C=C\1. The van der Waals surface area contributed by atoms with Crippen molar-refractivity contribution in [2.45, 2.75) is 32.0 Å². The normalized spacial score (nSPS) is 19.1. The molecular weight excluding hydrogens is 524 g/mol. The summed E-state index contributed by atoms with van der Waals surface area (Å²) >= 11 is 0. The summed E-state index contributed by atoms with van der Waals surface area (Å²) in [5.41, 5.74) is 7.80. The van der Waals surface area contributed by atoms with Crippen LogP contribution in [0, 0.1) is 5.41 Å². The van der Waals surface area contributed by atoms with Gasteiger partial charge in [0.15, 0.2) is 0 Å². The van der Waals surface area contributed by atoms with Gasteiger partial charge < -0.3 is 10.6 Å². The summed E-state index contributed by atoms with van der Waals surface area (Å²) in [5.74, 6) is 0.376. The summed E-state index contributed by atoms with van der Waals surface area (Å²) < 4.78 is 0. The van der Waals surface area contributed by atoms with Gasteiger partial charge >= 0.3 is 0 Å². The van der Waals surface area contributed by atoms with Gasteiger partial charge in [0.25, 0.3) is 0 Å². The predicted molar refractivity (Wildman–Crippen MR) is 183 cm³/mol. The molecule has 0 radical (unpaired) electrons. The highest BCUT2D eigenvalue weighted by Crippen LogP contribution is 2.33. The third-order valence-electron chi connectivity index (χ3n) is 8.04. The van der Waals surface area contributed by atoms with Crippen LogP contribution >= 0.6 is 0 Å². The Morgan fingerprint density at radius 2 is 1.63 bits per heavy atom. The fraction of sp³-hybridized carbons (Fsp3) is 0.154. The molecule has 4 heteroatoms. The van der Waals surface area contributed by atoms with E-state index in [0.717, 1.165) is 41.8 Å². The Morgan fingerprint density at radius 3 is 2.51 bits per heavy atom. The molecule has 2 aliphatic rings. The third kappa shape index (κ3) is 6.77. The van der Waals surface area contributed by atoms with E-state index >= 15 is 0 Å². The summed E-state index contributed by atoms with van der Waals surface area (Å²) in [4.78, 5) is 0. The average molecular weight is 563 g/mol. The summed E-state index contributed by atoms with van der Waals surface area (Å²) in [6.45, 7) is 3.02. The lowest BCUT2D eigenvalue weighted by Gasteiger charge is -2.27. The molecule has 0 aromatic heterocycles. The van der Waals surface area contributed by atoms with Crippen LogP contribution in [0.5, 0.6) is 0 Å². The van der Waals surface area contributed by atoms with Gasteiger partial charge in [-0.05, 0) is 58.9 Å². The molecule has 214 valence electrons. The van der Waals surface area contributed by atoms with E-state index in [9.17, 15) is 0 Å². The van der Waals surface area contributed by atoms with Crippen LogP contribution in [0.4, 0.5) is 5.69 Å². The van der Waals surface area contributed by atoms with Gasteiger partial charge in [0, 0.05) is 29.4 Å². The first-order valence-corrected chi connectivity index (χ1v) is 15.1. The van der Waals surface area contributed by atoms with Crippen molar-refractivity contribution in [3.8, 4) is 11.1 Å². The van der Waals surface area contributed by atoms with E-state index in [-0.39, 0.29) is 12.2 Å². The Bertz CT molecular complexity index is 1750. The summed E-state index contributed by atoms with van der Waals surface area (Å²) in [5, 5.41) is 22.3. The van der Waals surface area contributed by atoms with Gasteiger partial charge in [0.1, 0.15) is 12.0 Å². The highest BCUT2D eigenvalue weighted by Gasteiger charge is 2.19. The number of anilines is 1. The standard InChI is InChI=1S/C39H38N4/c1-28(29-13-7-5-3-2-4-6-8-14-29)42-39(35-25-20-30-15-9-10-16-34(30)27-35)43-38(40)33-23-21-31(22-24-33)36-19-11-17-32-18-12-26-41-37(32)36/h2-3,5,7-25,27-28,39,41-42H,4,6,26H2,1H3,(H2,40,43)/b3-2-,7-5+,14-8+,29-13+. The Balaban J connectivity index is 1.26. The van der Waals surface area contributed by atoms with Crippen LogP contribution < -0.4 is 16.0 Å². The van der Waals surface area contributed by atoms with Crippen LogP contribution in [0.25, 0.3) is 28.0 Å². The zero-order valence-electron chi connectivity index (χ0n) is 24.6. The van der Waals surface area contributed by atoms with Gasteiger partial charge in [-0.15, -0.1) is 0 Å². The lowest BCUT2D eigenvalue weighted by atomic mass is 9.97. The number of amidine groups is 1. The Morgan fingerprint density at radius 1 is 0.791 bits per heavy atom. The molecule has 1 aliphatic heterocycles. The lowest BCUT2D eigenvalue weighted by molar-refractivity contribution is 0.469. The molecule has 4 aromatic carbocycles. The molecule has 0 bridgehead atoms. The Labute approximate surface area is 254 Å². The molecule has 2 atom stereocenters. The fourth-order valence-corrected chi connectivity index (χ4v) is 5.65. The average Bonchev–Trinajstić information content (AvgIpc) is 3.06. The molecule has 1 heterocycles. The molecular formula is C39H38N4. The zero-order valence-corrected chi connectivity index (χ0v) is 24.6. The van der Waals surface area contributed by atoms with Crippen LogP contribution in [0.2, 0.25) is 0 Å². The molecule has 4 nitrogen and oxygen atoms in total. The van der Waals surface area contributed by atoms with Gasteiger partial charge in [-0.2, -0.15) is 0 Å². The largest absolute Gasteiger partial charge is 0.381 e. The molecule has 4 N–H and O–H groups in total. The van der Waals surface area contributed by atoms with Gasteiger partial charge in [-0.1, -0.05) is 134 Å². The van der Waals surface area contributed by atoms with E-state index in [1.54, 1.807) is 0 Å². The van der Waals surface area contributed by atoms with E-state index < -0.39 is 0 Å². The molecule has 0 saturated carbocycles. The van der Waals surface area contributed by atoms with Crippen molar-refractivity contribution >= 4 is 28.4 Å². The first kappa shape index (κ1) is 28.2. The van der Waals surface area contributed by atoms with Crippen molar-refractivity contribution in [3.63, 3.8) is 0 Å². The van der Waals surface area contributed by atoms with Gasteiger partial charge in [0.05, 0.1) is 0 Å². The van der Waals surface area contributed by atoms with Crippen LogP contribution in [0.1, 0.15) is 42.6 Å². The number of hydrogen-bond acceptors (Lipinski definition) is 3. The Hall–Kier alpha value is -4.93. The molecule has 1 aliphatic carbocycles. The number of rotatable bonds is 7. The summed E-state index contributed by atoms with van der Waals surface area (Å²) in [6.07, 6.45) is 21.2. The second-order valence-corrected chi connectivity index (χ2v) is 11.0. The van der Waals surface area contributed by atoms with Gasteiger partial charge in [-0.25, -0.2) is 0 Å². The summed E-state index contributed by atoms with van der Waals surface area (Å²) in [7, 11) is 0. The third-order valence-corrected chi connectivity index (χ3v) is 8.04. The van der Waals surface area contributed by atoms with Crippen molar-refractivity contribution in [2.24, 2.45) is 0 Å². The molecule has 6 rings (SSSR count). The lowest BCUT2D eigenvalue weighted by Crippen LogP contribution is -2.42. The molecule has 2 unspecified atom stereocenters. The molecule has 0 saturated heterocycles. The number of allylic oxidation sites excluding steroid dienone is 6. The van der Waals surface area contributed by atoms with E-state index in [2.05, 4.69) is 150 Å². The van der Waals surface area contributed by atoms with Gasteiger partial charge in [0.2, 0.25) is 0 Å². The molecule has 0 fully saturated rings. The number of hydrogen-bond donors (Lipinski definition) is 4. The number of nitrogens with one attached hydrogen (secondary N) is 4. The Kier molecular flexibility index (Phi) is 8.77. The van der Waals surface area contributed by atoms with Gasteiger partial charge in [-0.3, -0.25) is 10.7 Å². The zero-order chi connectivity index (χ0) is 29.4. The van der Waals surface area contributed by atoms with Crippen molar-refractivity contribution in [1.82, 2.24) is 10.6 Å². The van der Waals surface area contributed by atoms with E-state index in [0.29, 0.717) is 5.84 Å². The quantitative estimate of drug-likeness (QED) is 0.103. The molecule has 0 spiro atoms. The van der Waals surface area contributed by atoms with Crippen molar-refractivity contribution < 1.29 is 0 Å². The first-order valence-electron chi connectivity index (χ1n) is 15.1. The monoisotopic (exact) mass is 562 g/mol. The predicted octanol–water partition coefficient (Wildman–Crippen LogP) is 8.93. The number of benzene rings is 4. The maximum Gasteiger partial charge on any atom is 0.126 e. The number of para-hydroxylation sites is 1. The van der Waals surface area contributed by atoms with Crippen LogP contribution in [-0.2, 0) is 0 Å².